The van der Waals surface area contributed by atoms with Crippen molar-refractivity contribution in [2.24, 2.45) is 0 Å². The van der Waals surface area contributed by atoms with Crippen molar-refractivity contribution in [1.29, 1.82) is 0 Å². The molecule has 4 heteroatoms. The fourth-order valence-electron chi connectivity index (χ4n) is 5.00. The zero-order valence-electron chi connectivity index (χ0n) is 24.2. The minimum absolute atomic E-state index is 0.739. The molecule has 2 heterocycles. The van der Waals surface area contributed by atoms with Crippen molar-refractivity contribution in [3.05, 3.63) is 86.9 Å². The molecule has 0 atom stereocenters. The number of aromatic nitrogens is 2. The first-order valence-electron chi connectivity index (χ1n) is 13.3. The summed E-state index contributed by atoms with van der Waals surface area (Å²) in [5.41, 5.74) is 10.5. The summed E-state index contributed by atoms with van der Waals surface area (Å²) < 4.78 is 5.26. The summed E-state index contributed by atoms with van der Waals surface area (Å²) in [6.07, 6.45) is 1.04. The Bertz CT molecular complexity index is 1380. The van der Waals surface area contributed by atoms with Gasteiger partial charge in [0.25, 0.3) is 0 Å². The maximum absolute atomic E-state index is 5.26. The van der Waals surface area contributed by atoms with Crippen LogP contribution in [-0.2, 0) is 0 Å². The molecule has 0 bridgehead atoms. The third kappa shape index (κ3) is 6.88. The second kappa shape index (κ2) is 12.7. The van der Waals surface area contributed by atoms with E-state index in [2.05, 4.69) is 94.8 Å². The molecular weight excluding hydrogens is 454 g/mol. The van der Waals surface area contributed by atoms with Crippen LogP contribution in [0.5, 0.6) is 5.75 Å². The topological polar surface area (TPSA) is 38.2 Å². The van der Waals surface area contributed by atoms with Crippen molar-refractivity contribution >= 4 is 22.5 Å². The summed E-state index contributed by atoms with van der Waals surface area (Å²) >= 11 is 0. The molecule has 0 spiro atoms. The first kappa shape index (κ1) is 28.2. The second-order valence-electron chi connectivity index (χ2n) is 10.4. The monoisotopic (exact) mass is 497 g/mol. The summed E-state index contributed by atoms with van der Waals surface area (Å²) in [7, 11) is 0. The van der Waals surface area contributed by atoms with Crippen LogP contribution in [0, 0.1) is 20.8 Å². The number of rotatable bonds is 4. The van der Waals surface area contributed by atoms with Crippen LogP contribution in [0.4, 0.5) is 5.82 Å². The van der Waals surface area contributed by atoms with Crippen LogP contribution in [0.15, 0.2) is 54.1 Å². The van der Waals surface area contributed by atoms with E-state index in [1.165, 1.54) is 49.4 Å². The molecule has 1 aliphatic heterocycles. The number of hydrogen-bond donors (Lipinski definition) is 0. The third-order valence-corrected chi connectivity index (χ3v) is 6.81. The van der Waals surface area contributed by atoms with Gasteiger partial charge in [-0.2, -0.15) is 5.10 Å². The average Bonchev–Trinajstić information content (AvgIpc) is 2.86. The smallest absolute Gasteiger partial charge is 0.159 e. The maximum Gasteiger partial charge on any atom is 0.159 e. The maximum atomic E-state index is 5.26. The highest BCUT2D eigenvalue weighted by atomic mass is 16.5. The molecule has 1 aliphatic rings. The molecule has 196 valence electrons. The lowest BCUT2D eigenvalue weighted by Gasteiger charge is -2.31. The van der Waals surface area contributed by atoms with Gasteiger partial charge in [0.1, 0.15) is 5.75 Å². The SMILES string of the molecule is CC1=C(c2ccccc2C)CCN(c2nnc(C)c(=C(C)C)c2=C(C)C)C1.CCOc1ccc(C)cc1. The average molecular weight is 498 g/mol. The first-order valence-corrected chi connectivity index (χ1v) is 13.3. The molecule has 0 radical (unpaired) electrons. The normalized spacial score (nSPS) is 13.2. The van der Waals surface area contributed by atoms with Crippen LogP contribution in [0.1, 0.15) is 70.3 Å². The molecule has 0 N–H and O–H groups in total. The van der Waals surface area contributed by atoms with E-state index in [4.69, 9.17) is 4.74 Å². The minimum Gasteiger partial charge on any atom is -0.494 e. The van der Waals surface area contributed by atoms with E-state index in [0.29, 0.717) is 0 Å². The van der Waals surface area contributed by atoms with Gasteiger partial charge in [-0.15, -0.1) is 5.10 Å². The van der Waals surface area contributed by atoms with E-state index < -0.39 is 0 Å². The molecule has 0 saturated carbocycles. The van der Waals surface area contributed by atoms with Crippen LogP contribution in [0.3, 0.4) is 0 Å². The zero-order valence-corrected chi connectivity index (χ0v) is 24.2. The highest BCUT2D eigenvalue weighted by Crippen LogP contribution is 2.30. The lowest BCUT2D eigenvalue weighted by Crippen LogP contribution is -2.42. The van der Waals surface area contributed by atoms with Gasteiger partial charge in [-0.1, -0.05) is 58.7 Å². The van der Waals surface area contributed by atoms with E-state index in [1.54, 1.807) is 0 Å². The third-order valence-electron chi connectivity index (χ3n) is 6.81. The molecule has 3 aromatic rings. The highest BCUT2D eigenvalue weighted by Gasteiger charge is 2.21. The molecular formula is C33H43N3O. The van der Waals surface area contributed by atoms with Gasteiger partial charge in [0.2, 0.25) is 0 Å². The summed E-state index contributed by atoms with van der Waals surface area (Å²) in [5, 5.41) is 11.6. The summed E-state index contributed by atoms with van der Waals surface area (Å²) in [6.45, 7) is 21.9. The number of benzene rings is 2. The molecule has 0 aliphatic carbocycles. The van der Waals surface area contributed by atoms with Gasteiger partial charge in [0.15, 0.2) is 5.82 Å². The van der Waals surface area contributed by atoms with Crippen LogP contribution in [-0.4, -0.2) is 29.9 Å². The molecule has 0 amide bonds. The van der Waals surface area contributed by atoms with Crippen LogP contribution < -0.4 is 20.1 Å². The Morgan fingerprint density at radius 2 is 1.49 bits per heavy atom. The van der Waals surface area contributed by atoms with Gasteiger partial charge in [0, 0.05) is 23.5 Å². The van der Waals surface area contributed by atoms with Gasteiger partial charge in [0.05, 0.1) is 12.3 Å². The lowest BCUT2D eigenvalue weighted by atomic mass is 9.91. The predicted molar refractivity (Wildman–Crippen MR) is 158 cm³/mol. The summed E-state index contributed by atoms with van der Waals surface area (Å²) in [5.74, 6) is 1.98. The van der Waals surface area contributed by atoms with E-state index in [0.717, 1.165) is 43.4 Å². The van der Waals surface area contributed by atoms with Crippen molar-refractivity contribution in [3.63, 3.8) is 0 Å². The molecule has 0 saturated heterocycles. The lowest BCUT2D eigenvalue weighted by molar-refractivity contribution is 0.340. The predicted octanol–water partition coefficient (Wildman–Crippen LogP) is 6.55. The molecule has 4 rings (SSSR count). The number of aryl methyl sites for hydroxylation is 3. The molecule has 2 aromatic carbocycles. The van der Waals surface area contributed by atoms with Crippen molar-refractivity contribution in [3.8, 4) is 5.75 Å². The standard InChI is InChI=1S/C24H31N3.C9H12O/c1-15(2)22-19(7)25-26-24(23(22)16(3)4)27-13-12-21(18(6)14-27)20-11-9-8-10-17(20)5;1-3-10-9-6-4-8(2)5-7-9/h8-11H,12-14H2,1-7H3;4-7H,3H2,1-2H3. The number of nitrogens with zero attached hydrogens (tertiary/aromatic N) is 3. The van der Waals surface area contributed by atoms with Gasteiger partial charge in [-0.05, 0) is 97.6 Å². The highest BCUT2D eigenvalue weighted by molar-refractivity contribution is 5.73. The van der Waals surface area contributed by atoms with Crippen LogP contribution in [0.25, 0.3) is 16.7 Å². The first-order chi connectivity index (χ1) is 17.6. The Balaban J connectivity index is 0.000000319. The van der Waals surface area contributed by atoms with Gasteiger partial charge in [-0.3, -0.25) is 0 Å². The number of hydrogen-bond acceptors (Lipinski definition) is 4. The largest absolute Gasteiger partial charge is 0.494 e. The summed E-state index contributed by atoms with van der Waals surface area (Å²) in [4.78, 5) is 2.40. The fourth-order valence-corrected chi connectivity index (χ4v) is 5.00. The fraction of sp³-hybridized carbons (Fsp3) is 0.394. The second-order valence-corrected chi connectivity index (χ2v) is 10.4. The summed E-state index contributed by atoms with van der Waals surface area (Å²) in [6, 6.07) is 16.8. The minimum atomic E-state index is 0.739. The van der Waals surface area contributed by atoms with Crippen molar-refractivity contribution in [1.82, 2.24) is 10.2 Å². The van der Waals surface area contributed by atoms with Gasteiger partial charge >= 0.3 is 0 Å². The number of anilines is 1. The van der Waals surface area contributed by atoms with Crippen LogP contribution in [0.2, 0.25) is 0 Å². The molecule has 1 aromatic heterocycles. The van der Waals surface area contributed by atoms with E-state index in [9.17, 15) is 0 Å². The Morgan fingerprint density at radius 3 is 2.05 bits per heavy atom. The molecule has 4 nitrogen and oxygen atoms in total. The van der Waals surface area contributed by atoms with Crippen LogP contribution >= 0.6 is 0 Å². The quantitative estimate of drug-likeness (QED) is 0.410. The van der Waals surface area contributed by atoms with E-state index in [-0.39, 0.29) is 0 Å². The Hall–Kier alpha value is -3.40. The molecule has 0 fully saturated rings. The van der Waals surface area contributed by atoms with Crippen molar-refractivity contribution in [2.45, 2.75) is 68.7 Å². The Labute approximate surface area is 223 Å². The number of ether oxygens (including phenoxy) is 1. The molecule has 37 heavy (non-hydrogen) atoms. The van der Waals surface area contributed by atoms with E-state index in [1.807, 2.05) is 31.2 Å². The zero-order chi connectivity index (χ0) is 27.1. The Kier molecular flexibility index (Phi) is 9.68. The van der Waals surface area contributed by atoms with Gasteiger partial charge < -0.3 is 9.64 Å². The van der Waals surface area contributed by atoms with Crippen molar-refractivity contribution < 1.29 is 4.74 Å². The van der Waals surface area contributed by atoms with Gasteiger partial charge in [-0.25, -0.2) is 0 Å². The van der Waals surface area contributed by atoms with Crippen molar-refractivity contribution in [2.75, 3.05) is 24.6 Å². The van der Waals surface area contributed by atoms with E-state index >= 15 is 0 Å². The molecule has 0 unspecified atom stereocenters. The Morgan fingerprint density at radius 1 is 0.838 bits per heavy atom.